The quantitative estimate of drug-likeness (QED) is 0.154. The molecule has 1 heteroatoms. The van der Waals surface area contributed by atoms with Gasteiger partial charge < -0.3 is 4.90 Å². The van der Waals surface area contributed by atoms with Gasteiger partial charge in [-0.1, -0.05) is 182 Å². The maximum atomic E-state index is 2.42. The molecule has 0 atom stereocenters. The number of nitrogens with zero attached hydrogens (tertiary/aromatic N) is 1. The van der Waals surface area contributed by atoms with Crippen LogP contribution in [0.5, 0.6) is 0 Å². The monoisotopic (exact) mass is 723 g/mol. The van der Waals surface area contributed by atoms with Crippen LogP contribution in [0.2, 0.25) is 0 Å². The zero-order valence-electron chi connectivity index (χ0n) is 31.3. The molecule has 0 unspecified atom stereocenters. The van der Waals surface area contributed by atoms with E-state index in [0.29, 0.717) is 0 Å². The average molecular weight is 724 g/mol. The Hall–Kier alpha value is -7.48. The first-order valence-corrected chi connectivity index (χ1v) is 19.7. The normalized spacial score (nSPS) is 11.5. The van der Waals surface area contributed by atoms with E-state index in [0.717, 1.165) is 17.1 Å². The maximum absolute atomic E-state index is 2.42. The van der Waals surface area contributed by atoms with Crippen LogP contribution >= 0.6 is 0 Å². The van der Waals surface area contributed by atoms with Gasteiger partial charge in [-0.3, -0.25) is 0 Å². The van der Waals surface area contributed by atoms with Gasteiger partial charge in [0.1, 0.15) is 0 Å². The summed E-state index contributed by atoms with van der Waals surface area (Å²) >= 11 is 0. The van der Waals surface area contributed by atoms with Gasteiger partial charge in [0.05, 0.1) is 0 Å². The van der Waals surface area contributed by atoms with Crippen molar-refractivity contribution in [2.75, 3.05) is 4.90 Å². The van der Waals surface area contributed by atoms with Gasteiger partial charge in [0, 0.05) is 17.1 Å². The van der Waals surface area contributed by atoms with E-state index in [4.69, 9.17) is 0 Å². The summed E-state index contributed by atoms with van der Waals surface area (Å²) in [5.41, 5.74) is 10.6. The second kappa shape index (κ2) is 13.7. The fourth-order valence-electron chi connectivity index (χ4n) is 8.89. The van der Waals surface area contributed by atoms with Gasteiger partial charge in [-0.25, -0.2) is 0 Å². The molecule has 1 nitrogen and oxygen atoms in total. The van der Waals surface area contributed by atoms with E-state index in [1.54, 1.807) is 0 Å². The zero-order chi connectivity index (χ0) is 37.7. The lowest BCUT2D eigenvalue weighted by molar-refractivity contribution is 1.29. The lowest BCUT2D eigenvalue weighted by Gasteiger charge is -2.27. The van der Waals surface area contributed by atoms with Crippen molar-refractivity contribution in [3.8, 4) is 33.4 Å². The summed E-state index contributed by atoms with van der Waals surface area (Å²) in [5.74, 6) is 0. The summed E-state index contributed by atoms with van der Waals surface area (Å²) in [7, 11) is 0. The molecule has 0 saturated carbocycles. The number of anilines is 3. The van der Waals surface area contributed by atoms with Crippen LogP contribution in [0, 0.1) is 0 Å². The molecular weight excluding hydrogens is 687 g/mol. The molecule has 0 amide bonds. The summed E-state index contributed by atoms with van der Waals surface area (Å²) in [4.78, 5) is 2.42. The zero-order valence-corrected chi connectivity index (χ0v) is 31.3. The molecule has 0 N–H and O–H groups in total. The van der Waals surface area contributed by atoms with E-state index in [-0.39, 0.29) is 0 Å². The average Bonchev–Trinajstić information content (AvgIpc) is 3.29. The van der Waals surface area contributed by atoms with E-state index >= 15 is 0 Å². The topological polar surface area (TPSA) is 3.24 Å². The Balaban J connectivity index is 1.15. The second-order valence-electron chi connectivity index (χ2n) is 14.9. The SMILES string of the molecule is c1ccc(-c2c(-c3ccccc3)c3cc(N(c4ccc(-c5ccc6ccccc6c5)cc4)c4ccc5c(ccc6ccccc65)c4)ccc3c3ccccc23)cc1. The Labute approximate surface area is 332 Å². The Morgan fingerprint density at radius 2 is 0.684 bits per heavy atom. The molecule has 0 aliphatic carbocycles. The standard InChI is InChI=1S/C56H37N/c1-3-15-41(16-4-1)55-53-22-12-11-21-51(53)52-34-32-48(37-54(52)56(55)42-17-5-2-6-18-42)57(47-31-33-50-45(36-47)26-24-40-14-9-10-20-49(40)50)46-29-27-39(28-30-46)44-25-23-38-13-7-8-19-43(38)35-44/h1-37H. The van der Waals surface area contributed by atoms with Gasteiger partial charge in [0.2, 0.25) is 0 Å². The highest BCUT2D eigenvalue weighted by Gasteiger charge is 2.21. The highest BCUT2D eigenvalue weighted by atomic mass is 15.1. The van der Waals surface area contributed by atoms with Crippen molar-refractivity contribution >= 4 is 70.9 Å². The van der Waals surface area contributed by atoms with E-state index in [1.807, 2.05) is 0 Å². The minimum atomic E-state index is 1.10. The first-order valence-electron chi connectivity index (χ1n) is 19.7. The third-order valence-electron chi connectivity index (χ3n) is 11.6. The lowest BCUT2D eigenvalue weighted by Crippen LogP contribution is -2.10. The molecule has 0 spiro atoms. The fraction of sp³-hybridized carbons (Fsp3) is 0. The molecule has 0 bridgehead atoms. The van der Waals surface area contributed by atoms with Crippen LogP contribution in [0.3, 0.4) is 0 Å². The summed E-state index contributed by atoms with van der Waals surface area (Å²) < 4.78 is 0. The van der Waals surface area contributed by atoms with Crippen LogP contribution in [-0.4, -0.2) is 0 Å². The minimum absolute atomic E-state index is 1.10. The Morgan fingerprint density at radius 3 is 1.42 bits per heavy atom. The van der Waals surface area contributed by atoms with Crippen LogP contribution in [0.4, 0.5) is 17.1 Å². The molecule has 0 saturated heterocycles. The molecule has 0 heterocycles. The predicted molar refractivity (Wildman–Crippen MR) is 245 cm³/mol. The molecule has 11 aromatic rings. The molecule has 11 rings (SSSR count). The smallest absolute Gasteiger partial charge is 0.0468 e. The fourth-order valence-corrected chi connectivity index (χ4v) is 8.89. The van der Waals surface area contributed by atoms with Crippen molar-refractivity contribution in [3.63, 3.8) is 0 Å². The molecule has 266 valence electrons. The van der Waals surface area contributed by atoms with Crippen LogP contribution in [0.25, 0.3) is 87.2 Å². The summed E-state index contributed by atoms with van der Waals surface area (Å²) in [5, 5.41) is 12.5. The van der Waals surface area contributed by atoms with Crippen LogP contribution in [-0.2, 0) is 0 Å². The van der Waals surface area contributed by atoms with Crippen molar-refractivity contribution in [1.29, 1.82) is 0 Å². The predicted octanol–water partition coefficient (Wildman–Crippen LogP) is 15.9. The van der Waals surface area contributed by atoms with Crippen molar-refractivity contribution in [2.24, 2.45) is 0 Å². The van der Waals surface area contributed by atoms with Gasteiger partial charge in [0.15, 0.2) is 0 Å². The Bertz CT molecular complexity index is 3270. The van der Waals surface area contributed by atoms with Crippen molar-refractivity contribution in [3.05, 3.63) is 224 Å². The molecule has 0 aromatic heterocycles. The van der Waals surface area contributed by atoms with E-state index < -0.39 is 0 Å². The minimum Gasteiger partial charge on any atom is -0.310 e. The first kappa shape index (κ1) is 32.9. The molecule has 0 aliphatic rings. The maximum Gasteiger partial charge on any atom is 0.0468 e. The van der Waals surface area contributed by atoms with Crippen molar-refractivity contribution in [1.82, 2.24) is 0 Å². The number of benzene rings is 11. The van der Waals surface area contributed by atoms with Gasteiger partial charge >= 0.3 is 0 Å². The van der Waals surface area contributed by atoms with Crippen molar-refractivity contribution in [2.45, 2.75) is 0 Å². The van der Waals surface area contributed by atoms with Crippen LogP contribution in [0.1, 0.15) is 0 Å². The lowest BCUT2D eigenvalue weighted by atomic mass is 9.85. The molecule has 0 fully saturated rings. The molecular formula is C56H37N. The Morgan fingerprint density at radius 1 is 0.211 bits per heavy atom. The first-order chi connectivity index (χ1) is 28.3. The van der Waals surface area contributed by atoms with Crippen LogP contribution in [0.15, 0.2) is 224 Å². The molecule has 57 heavy (non-hydrogen) atoms. The largest absolute Gasteiger partial charge is 0.310 e. The van der Waals surface area contributed by atoms with E-state index in [2.05, 4.69) is 229 Å². The van der Waals surface area contributed by atoms with Gasteiger partial charge in [0.25, 0.3) is 0 Å². The number of hydrogen-bond donors (Lipinski definition) is 0. The van der Waals surface area contributed by atoms with Gasteiger partial charge in [-0.2, -0.15) is 0 Å². The second-order valence-corrected chi connectivity index (χ2v) is 14.9. The summed E-state index contributed by atoms with van der Waals surface area (Å²) in [6.45, 7) is 0. The molecule has 0 radical (unpaired) electrons. The van der Waals surface area contributed by atoms with Gasteiger partial charge in [-0.05, 0) is 130 Å². The third-order valence-corrected chi connectivity index (χ3v) is 11.6. The Kier molecular flexibility index (Phi) is 7.89. The van der Waals surface area contributed by atoms with Crippen LogP contribution < -0.4 is 4.90 Å². The van der Waals surface area contributed by atoms with Gasteiger partial charge in [-0.15, -0.1) is 0 Å². The number of fused-ring (bicyclic) bond motifs is 7. The van der Waals surface area contributed by atoms with E-state index in [1.165, 1.54) is 87.2 Å². The third kappa shape index (κ3) is 5.72. The number of rotatable bonds is 6. The summed E-state index contributed by atoms with van der Waals surface area (Å²) in [6, 6.07) is 82.1. The number of hydrogen-bond acceptors (Lipinski definition) is 1. The highest BCUT2D eigenvalue weighted by Crippen LogP contribution is 2.47. The highest BCUT2D eigenvalue weighted by molar-refractivity contribution is 6.22. The molecule has 11 aromatic carbocycles. The van der Waals surface area contributed by atoms with Crippen molar-refractivity contribution < 1.29 is 0 Å². The summed E-state index contributed by atoms with van der Waals surface area (Å²) in [6.07, 6.45) is 0. The van der Waals surface area contributed by atoms with E-state index in [9.17, 15) is 0 Å². The molecule has 0 aliphatic heterocycles.